The van der Waals surface area contributed by atoms with Gasteiger partial charge in [0.05, 0.1) is 6.10 Å². The molecule has 0 bridgehead atoms. The highest BCUT2D eigenvalue weighted by atomic mass is 16.3. The van der Waals surface area contributed by atoms with E-state index < -0.39 is 6.10 Å². The summed E-state index contributed by atoms with van der Waals surface area (Å²) in [7, 11) is 0. The first-order valence-corrected chi connectivity index (χ1v) is 4.15. The average Bonchev–Trinajstić information content (AvgIpc) is 2.04. The molecule has 0 fully saturated rings. The van der Waals surface area contributed by atoms with Crippen molar-refractivity contribution < 1.29 is 5.11 Å². The fourth-order valence-corrected chi connectivity index (χ4v) is 1.14. The third kappa shape index (κ3) is 1.77. The van der Waals surface area contributed by atoms with Crippen LogP contribution in [0.5, 0.6) is 0 Å². The van der Waals surface area contributed by atoms with Gasteiger partial charge in [0.25, 0.3) is 0 Å². The fourth-order valence-electron chi connectivity index (χ4n) is 1.14. The first-order chi connectivity index (χ1) is 5.63. The van der Waals surface area contributed by atoms with Crippen molar-refractivity contribution in [3.05, 3.63) is 29.8 Å². The maximum atomic E-state index is 9.70. The Balaban J connectivity index is 2.94. The summed E-state index contributed by atoms with van der Waals surface area (Å²) >= 11 is 0. The van der Waals surface area contributed by atoms with Gasteiger partial charge in [-0.25, -0.2) is 0 Å². The van der Waals surface area contributed by atoms with Crippen molar-refractivity contribution in [2.24, 2.45) is 5.92 Å². The number of hydrogen-bond acceptors (Lipinski definition) is 2. The summed E-state index contributed by atoms with van der Waals surface area (Å²) in [5.74, 6) is 0.203. The van der Waals surface area contributed by atoms with Crippen LogP contribution in [-0.2, 0) is 0 Å². The summed E-state index contributed by atoms with van der Waals surface area (Å²) < 4.78 is 0. The van der Waals surface area contributed by atoms with Crippen LogP contribution >= 0.6 is 0 Å². The highest BCUT2D eigenvalue weighted by Gasteiger charge is 2.13. The molecule has 0 saturated carbocycles. The minimum absolute atomic E-state index is 0.203. The molecule has 0 aliphatic carbocycles. The number of aliphatic hydroxyl groups excluding tert-OH is 1. The molecule has 0 aromatic heterocycles. The van der Waals surface area contributed by atoms with Crippen molar-refractivity contribution in [2.75, 3.05) is 5.73 Å². The predicted octanol–water partition coefficient (Wildman–Crippen LogP) is 1.96. The van der Waals surface area contributed by atoms with Crippen molar-refractivity contribution in [3.63, 3.8) is 0 Å². The van der Waals surface area contributed by atoms with E-state index in [1.54, 1.807) is 6.07 Å². The van der Waals surface area contributed by atoms with Crippen LogP contribution in [0.2, 0.25) is 0 Å². The van der Waals surface area contributed by atoms with Crippen LogP contribution in [0.1, 0.15) is 25.5 Å². The summed E-state index contributed by atoms with van der Waals surface area (Å²) in [6.07, 6.45) is -0.453. The maximum Gasteiger partial charge on any atom is 0.0832 e. The molecular weight excluding hydrogens is 150 g/mol. The summed E-state index contributed by atoms with van der Waals surface area (Å²) in [5, 5.41) is 9.70. The van der Waals surface area contributed by atoms with Crippen molar-refractivity contribution in [3.8, 4) is 0 Å². The molecule has 0 aliphatic rings. The topological polar surface area (TPSA) is 46.2 Å². The second-order valence-corrected chi connectivity index (χ2v) is 3.32. The highest BCUT2D eigenvalue weighted by Crippen LogP contribution is 2.25. The van der Waals surface area contributed by atoms with Gasteiger partial charge in [-0.1, -0.05) is 32.0 Å². The number of nitrogen functional groups attached to an aromatic ring is 1. The van der Waals surface area contributed by atoms with E-state index in [0.29, 0.717) is 5.69 Å². The smallest absolute Gasteiger partial charge is 0.0832 e. The normalized spacial score (nSPS) is 13.3. The third-order valence-electron chi connectivity index (χ3n) is 1.95. The molecule has 0 aliphatic heterocycles. The Labute approximate surface area is 73.0 Å². The van der Waals surface area contributed by atoms with Crippen LogP contribution in [0.15, 0.2) is 24.3 Å². The lowest BCUT2D eigenvalue weighted by atomic mass is 9.98. The molecule has 1 aromatic carbocycles. The third-order valence-corrected chi connectivity index (χ3v) is 1.95. The average molecular weight is 165 g/mol. The molecule has 2 heteroatoms. The molecule has 1 unspecified atom stereocenters. The van der Waals surface area contributed by atoms with Crippen molar-refractivity contribution in [1.82, 2.24) is 0 Å². The van der Waals surface area contributed by atoms with Gasteiger partial charge in [-0.05, 0) is 12.0 Å². The minimum atomic E-state index is -0.453. The lowest BCUT2D eigenvalue weighted by molar-refractivity contribution is 0.127. The van der Waals surface area contributed by atoms with E-state index in [1.807, 2.05) is 32.0 Å². The Bertz CT molecular complexity index is 258. The second kappa shape index (κ2) is 3.59. The molecule has 66 valence electrons. The van der Waals surface area contributed by atoms with Crippen LogP contribution in [0, 0.1) is 5.92 Å². The number of nitrogens with two attached hydrogens (primary N) is 1. The zero-order valence-corrected chi connectivity index (χ0v) is 7.49. The Morgan fingerprint density at radius 1 is 1.25 bits per heavy atom. The van der Waals surface area contributed by atoms with Gasteiger partial charge in [-0.3, -0.25) is 0 Å². The largest absolute Gasteiger partial charge is 0.398 e. The molecule has 3 N–H and O–H groups in total. The van der Waals surface area contributed by atoms with Gasteiger partial charge in [0.2, 0.25) is 0 Å². The summed E-state index contributed by atoms with van der Waals surface area (Å²) in [6.45, 7) is 3.94. The van der Waals surface area contributed by atoms with Gasteiger partial charge < -0.3 is 10.8 Å². The molecular formula is C10H15NO. The van der Waals surface area contributed by atoms with Gasteiger partial charge in [-0.2, -0.15) is 0 Å². The van der Waals surface area contributed by atoms with E-state index in [9.17, 15) is 5.11 Å². The first kappa shape index (κ1) is 9.07. The Kier molecular flexibility index (Phi) is 2.71. The summed E-state index contributed by atoms with van der Waals surface area (Å²) in [4.78, 5) is 0. The first-order valence-electron chi connectivity index (χ1n) is 4.15. The van der Waals surface area contributed by atoms with Crippen molar-refractivity contribution >= 4 is 5.69 Å². The molecule has 0 heterocycles. The number of aliphatic hydroxyl groups is 1. The molecule has 0 radical (unpaired) electrons. The minimum Gasteiger partial charge on any atom is -0.398 e. The molecule has 0 amide bonds. The highest BCUT2D eigenvalue weighted by molar-refractivity contribution is 5.47. The van der Waals surface area contributed by atoms with Gasteiger partial charge >= 0.3 is 0 Å². The van der Waals surface area contributed by atoms with Crippen LogP contribution < -0.4 is 5.73 Å². The van der Waals surface area contributed by atoms with E-state index in [1.165, 1.54) is 0 Å². The van der Waals surface area contributed by atoms with E-state index in [-0.39, 0.29) is 5.92 Å². The van der Waals surface area contributed by atoms with Crippen LogP contribution in [-0.4, -0.2) is 5.11 Å². The predicted molar refractivity (Wildman–Crippen MR) is 50.7 cm³/mol. The van der Waals surface area contributed by atoms with Gasteiger partial charge in [0.15, 0.2) is 0 Å². The standard InChI is InChI=1S/C10H15NO/c1-7(2)10(12)8-5-3-4-6-9(8)11/h3-7,10,12H,11H2,1-2H3. The fraction of sp³-hybridized carbons (Fsp3) is 0.400. The summed E-state index contributed by atoms with van der Waals surface area (Å²) in [5.41, 5.74) is 7.19. The molecule has 2 nitrogen and oxygen atoms in total. The quantitative estimate of drug-likeness (QED) is 0.658. The van der Waals surface area contributed by atoms with Crippen LogP contribution in [0.3, 0.4) is 0 Å². The number of benzene rings is 1. The monoisotopic (exact) mass is 165 g/mol. The zero-order valence-electron chi connectivity index (χ0n) is 7.49. The SMILES string of the molecule is CC(C)C(O)c1ccccc1N. The molecule has 1 rings (SSSR count). The number of rotatable bonds is 2. The molecule has 1 atom stereocenters. The molecule has 0 saturated heterocycles. The van der Waals surface area contributed by atoms with Gasteiger partial charge in [0.1, 0.15) is 0 Å². The van der Waals surface area contributed by atoms with Gasteiger partial charge in [0, 0.05) is 11.3 Å². The lowest BCUT2D eigenvalue weighted by Crippen LogP contribution is -2.07. The lowest BCUT2D eigenvalue weighted by Gasteiger charge is -2.16. The van der Waals surface area contributed by atoms with Crippen molar-refractivity contribution in [2.45, 2.75) is 20.0 Å². The Morgan fingerprint density at radius 3 is 2.33 bits per heavy atom. The van der Waals surface area contributed by atoms with Gasteiger partial charge in [-0.15, -0.1) is 0 Å². The molecule has 0 spiro atoms. The Morgan fingerprint density at radius 2 is 1.83 bits per heavy atom. The number of para-hydroxylation sites is 1. The Hall–Kier alpha value is -1.02. The molecule has 12 heavy (non-hydrogen) atoms. The van der Waals surface area contributed by atoms with E-state index in [0.717, 1.165) is 5.56 Å². The maximum absolute atomic E-state index is 9.70. The second-order valence-electron chi connectivity index (χ2n) is 3.32. The number of hydrogen-bond donors (Lipinski definition) is 2. The summed E-state index contributed by atoms with van der Waals surface area (Å²) in [6, 6.07) is 7.42. The van der Waals surface area contributed by atoms with E-state index in [4.69, 9.17) is 5.73 Å². The number of anilines is 1. The van der Waals surface area contributed by atoms with E-state index >= 15 is 0 Å². The molecule has 1 aromatic rings. The zero-order chi connectivity index (χ0) is 9.14. The van der Waals surface area contributed by atoms with Crippen LogP contribution in [0.25, 0.3) is 0 Å². The van der Waals surface area contributed by atoms with Crippen LogP contribution in [0.4, 0.5) is 5.69 Å². The van der Waals surface area contributed by atoms with Crippen molar-refractivity contribution in [1.29, 1.82) is 0 Å². The van der Waals surface area contributed by atoms with E-state index in [2.05, 4.69) is 0 Å².